The molecule has 30 nitrogen and oxygen atoms in total. The number of aliphatic carboxylic acids is 4. The standard InChI is InChI=1S/C52H79N11O19/c1-26(2)23-35(47(76)60-36(24-29-12-14-30(65)15-13-29)48(77)56-32(9-5-6-20-53)45(74)61-37(52(81)82)25-41(70)71)59-46(75)33(16-18-39(66)67)57-49(78)38-11-8-22-63(38)51(80)34(17-19-40(68)69)58-50(79)42(28(4)64)62-43(72)27(3)55-44(73)31-10-7-21-54-31/h12-15,26-28,31-38,42,54,64-65H,5-11,16-25,53H2,1-4H3,(H,55,73)(H,56,77)(H,57,78)(H,58,79)(H,59,75)(H,60,76)(H,61,74)(H,62,72)(H,66,67)(H,68,69)(H,70,71)(H,81,82)/t27-,28+,31-,32-,33-,34-,35-,36-,37-,38-,42-/m0/s1. The number of aliphatic hydroxyl groups is 1. The molecule has 0 aliphatic carbocycles. The fraction of sp³-hybridized carbons (Fsp3) is 0.635. The Labute approximate surface area is 472 Å². The van der Waals surface area contributed by atoms with Crippen LogP contribution in [-0.4, -0.2) is 199 Å². The number of carbonyl (C=O) groups is 13. The number of aromatic hydroxyl groups is 1. The van der Waals surface area contributed by atoms with E-state index in [0.29, 0.717) is 24.9 Å². The van der Waals surface area contributed by atoms with Crippen LogP contribution < -0.4 is 53.6 Å². The third-order valence-corrected chi connectivity index (χ3v) is 13.5. The first-order chi connectivity index (χ1) is 38.6. The van der Waals surface area contributed by atoms with Crippen molar-refractivity contribution in [1.82, 2.24) is 52.8 Å². The quantitative estimate of drug-likeness (QED) is 0.0292. The lowest BCUT2D eigenvalue weighted by atomic mass is 9.99. The number of carboxylic acid groups (broad SMARTS) is 4. The molecule has 11 atom stereocenters. The Morgan fingerprint density at radius 3 is 1.70 bits per heavy atom. The lowest BCUT2D eigenvalue weighted by Crippen LogP contribution is -2.61. The third kappa shape index (κ3) is 22.9. The number of carbonyl (C=O) groups excluding carboxylic acids is 9. The summed E-state index contributed by atoms with van der Waals surface area (Å²) >= 11 is 0. The summed E-state index contributed by atoms with van der Waals surface area (Å²) in [7, 11) is 0. The average Bonchev–Trinajstić information content (AvgIpc) is 4.20. The summed E-state index contributed by atoms with van der Waals surface area (Å²) in [6.45, 7) is 6.55. The number of hydrogen-bond donors (Lipinski definition) is 16. The minimum absolute atomic E-state index is 0.0301. The molecule has 1 aromatic rings. The molecule has 2 saturated heterocycles. The number of unbranched alkanes of at least 4 members (excludes halogenated alkanes) is 1. The number of hydrogen-bond acceptors (Lipinski definition) is 17. The van der Waals surface area contributed by atoms with E-state index < -0.39 is 176 Å². The van der Waals surface area contributed by atoms with Crippen LogP contribution >= 0.6 is 0 Å². The first kappa shape index (κ1) is 68.3. The number of nitrogens with zero attached hydrogens (tertiary/aromatic N) is 1. The van der Waals surface area contributed by atoms with E-state index in [-0.39, 0.29) is 63.3 Å². The van der Waals surface area contributed by atoms with Crippen LogP contribution in [0.3, 0.4) is 0 Å². The number of nitrogens with two attached hydrogens (primary N) is 1. The van der Waals surface area contributed by atoms with Gasteiger partial charge < -0.3 is 89.1 Å². The van der Waals surface area contributed by atoms with Gasteiger partial charge in [0.15, 0.2) is 0 Å². The first-order valence-corrected chi connectivity index (χ1v) is 27.1. The Kier molecular flexibility index (Phi) is 28.1. The molecule has 2 aliphatic heterocycles. The van der Waals surface area contributed by atoms with Gasteiger partial charge in [0.25, 0.3) is 0 Å². The van der Waals surface area contributed by atoms with Crippen molar-refractivity contribution in [3.63, 3.8) is 0 Å². The van der Waals surface area contributed by atoms with Crippen LogP contribution in [0.1, 0.15) is 117 Å². The van der Waals surface area contributed by atoms with Crippen molar-refractivity contribution in [3.8, 4) is 5.75 Å². The molecule has 0 spiro atoms. The van der Waals surface area contributed by atoms with Gasteiger partial charge in [-0.05, 0) is 115 Å². The van der Waals surface area contributed by atoms with Crippen molar-refractivity contribution >= 4 is 77.0 Å². The summed E-state index contributed by atoms with van der Waals surface area (Å²) in [4.78, 5) is 172. The van der Waals surface area contributed by atoms with E-state index in [1.54, 1.807) is 13.8 Å². The fourth-order valence-corrected chi connectivity index (χ4v) is 9.07. The highest BCUT2D eigenvalue weighted by molar-refractivity contribution is 5.99. The van der Waals surface area contributed by atoms with E-state index in [9.17, 15) is 93.0 Å². The molecule has 0 bridgehead atoms. The Balaban J connectivity index is 1.89. The number of nitrogens with one attached hydrogen (secondary N) is 9. The van der Waals surface area contributed by atoms with E-state index in [1.807, 2.05) is 0 Å². The maximum atomic E-state index is 14.3. The summed E-state index contributed by atoms with van der Waals surface area (Å²) < 4.78 is 0. The van der Waals surface area contributed by atoms with Gasteiger partial charge in [-0.2, -0.15) is 0 Å². The number of aliphatic hydroxyl groups excluding tert-OH is 1. The average molecular weight is 1160 g/mol. The molecule has 0 radical (unpaired) electrons. The van der Waals surface area contributed by atoms with Crippen molar-refractivity contribution in [2.24, 2.45) is 11.7 Å². The Hall–Kier alpha value is -7.99. The van der Waals surface area contributed by atoms with Gasteiger partial charge in [0.1, 0.15) is 60.1 Å². The largest absolute Gasteiger partial charge is 0.508 e. The normalized spacial score (nSPS) is 18.1. The second kappa shape index (κ2) is 33.7. The summed E-state index contributed by atoms with van der Waals surface area (Å²) in [5.74, 6) is -14.9. The molecule has 2 heterocycles. The molecule has 0 aromatic heterocycles. The number of amides is 9. The SMILES string of the molecule is CC(C)C[C@H](NC(=O)[C@H](CCC(=O)O)NC(=O)[C@@H]1CCCN1C(=O)[C@H](CCC(=O)O)NC(=O)[C@@H](NC(=O)[C@H](C)NC(=O)[C@@H]1CCCN1)[C@@H](C)O)C(=O)N[C@@H](Cc1ccc(O)cc1)C(=O)N[C@@H](CCCCN)C(=O)N[C@@H](CC(=O)O)C(=O)O. The van der Waals surface area contributed by atoms with Crippen LogP contribution in [0.5, 0.6) is 5.75 Å². The first-order valence-electron chi connectivity index (χ1n) is 27.1. The Morgan fingerprint density at radius 1 is 0.598 bits per heavy atom. The van der Waals surface area contributed by atoms with Gasteiger partial charge in [-0.1, -0.05) is 26.0 Å². The molecule has 2 fully saturated rings. The number of phenolic OH excluding ortho intramolecular Hbond substituents is 1. The zero-order valence-electron chi connectivity index (χ0n) is 46.3. The minimum Gasteiger partial charge on any atom is -0.508 e. The maximum Gasteiger partial charge on any atom is 0.326 e. The molecule has 9 amide bonds. The van der Waals surface area contributed by atoms with E-state index in [2.05, 4.69) is 47.9 Å². The second-order valence-electron chi connectivity index (χ2n) is 20.7. The van der Waals surface area contributed by atoms with Crippen LogP contribution in [0.2, 0.25) is 0 Å². The zero-order valence-corrected chi connectivity index (χ0v) is 46.3. The lowest BCUT2D eigenvalue weighted by molar-refractivity contribution is -0.147. The summed E-state index contributed by atoms with van der Waals surface area (Å²) in [6.07, 6.45) is -3.51. The van der Waals surface area contributed by atoms with Gasteiger partial charge in [-0.25, -0.2) is 4.79 Å². The topological polar surface area (TPSA) is 481 Å². The van der Waals surface area contributed by atoms with E-state index in [4.69, 9.17) is 5.73 Å². The lowest BCUT2D eigenvalue weighted by Gasteiger charge is -2.31. The predicted octanol–water partition coefficient (Wildman–Crippen LogP) is -3.58. The van der Waals surface area contributed by atoms with Crippen LogP contribution in [0, 0.1) is 5.92 Å². The Morgan fingerprint density at radius 2 is 1.15 bits per heavy atom. The molecule has 3 rings (SSSR count). The van der Waals surface area contributed by atoms with Gasteiger partial charge in [-0.15, -0.1) is 0 Å². The highest BCUT2D eigenvalue weighted by Crippen LogP contribution is 2.21. The van der Waals surface area contributed by atoms with Gasteiger partial charge in [-0.3, -0.25) is 57.5 Å². The smallest absolute Gasteiger partial charge is 0.326 e. The number of rotatable bonds is 35. The van der Waals surface area contributed by atoms with Gasteiger partial charge in [0.05, 0.1) is 18.6 Å². The maximum absolute atomic E-state index is 14.3. The number of likely N-dealkylation sites (tertiary alicyclic amines) is 1. The molecule has 82 heavy (non-hydrogen) atoms. The number of phenols is 1. The molecular formula is C52H79N11O19. The van der Waals surface area contributed by atoms with Gasteiger partial charge in [0, 0.05) is 25.8 Å². The van der Waals surface area contributed by atoms with Crippen LogP contribution in [-0.2, 0) is 68.7 Å². The van der Waals surface area contributed by atoms with Crippen LogP contribution in [0.25, 0.3) is 0 Å². The molecule has 0 unspecified atom stereocenters. The summed E-state index contributed by atoms with van der Waals surface area (Å²) in [6, 6.07) is -9.12. The van der Waals surface area contributed by atoms with E-state index in [0.717, 1.165) is 11.3 Å². The molecule has 456 valence electrons. The highest BCUT2D eigenvalue weighted by Gasteiger charge is 2.41. The molecule has 2 aliphatic rings. The number of benzene rings is 1. The van der Waals surface area contributed by atoms with Crippen molar-refractivity contribution in [2.75, 3.05) is 19.6 Å². The monoisotopic (exact) mass is 1160 g/mol. The summed E-state index contributed by atoms with van der Waals surface area (Å²) in [5, 5.41) is 81.0. The molecule has 30 heteroatoms. The fourth-order valence-electron chi connectivity index (χ4n) is 9.07. The van der Waals surface area contributed by atoms with Crippen molar-refractivity contribution in [2.45, 2.75) is 184 Å². The van der Waals surface area contributed by atoms with Gasteiger partial charge >= 0.3 is 23.9 Å². The molecule has 0 saturated carbocycles. The van der Waals surface area contributed by atoms with Crippen molar-refractivity contribution < 1.29 is 93.0 Å². The van der Waals surface area contributed by atoms with Crippen LogP contribution in [0.15, 0.2) is 24.3 Å². The van der Waals surface area contributed by atoms with Crippen molar-refractivity contribution in [1.29, 1.82) is 0 Å². The second-order valence-corrected chi connectivity index (χ2v) is 20.7. The Bertz CT molecular complexity index is 2440. The van der Waals surface area contributed by atoms with E-state index in [1.165, 1.54) is 38.1 Å². The highest BCUT2D eigenvalue weighted by atomic mass is 16.4. The third-order valence-electron chi connectivity index (χ3n) is 13.5. The van der Waals surface area contributed by atoms with Crippen LogP contribution in [0.4, 0.5) is 0 Å². The number of carboxylic acids is 4. The summed E-state index contributed by atoms with van der Waals surface area (Å²) in [5.41, 5.74) is 6.01. The van der Waals surface area contributed by atoms with Gasteiger partial charge in [0.2, 0.25) is 53.2 Å². The predicted molar refractivity (Wildman–Crippen MR) is 286 cm³/mol. The molecular weight excluding hydrogens is 1080 g/mol. The van der Waals surface area contributed by atoms with Crippen molar-refractivity contribution in [3.05, 3.63) is 29.8 Å². The molecule has 1 aromatic carbocycles. The zero-order chi connectivity index (χ0) is 61.4. The van der Waals surface area contributed by atoms with E-state index >= 15 is 0 Å². The minimum atomic E-state index is -1.88. The molecule has 17 N–H and O–H groups in total.